The average molecular weight is 243 g/mol. The van der Waals surface area contributed by atoms with Crippen LogP contribution in [0.25, 0.3) is 0 Å². The fourth-order valence-electron chi connectivity index (χ4n) is 1.08. The molecule has 0 saturated carbocycles. The largest absolute Gasteiger partial charge is 0.465 e. The van der Waals surface area contributed by atoms with Crippen molar-refractivity contribution in [3.63, 3.8) is 0 Å². The first kappa shape index (κ1) is 10.3. The van der Waals surface area contributed by atoms with E-state index in [4.69, 9.17) is 0 Å². The molecule has 0 heterocycles. The number of hydrogen-bond donors (Lipinski definition) is 0. The monoisotopic (exact) mass is 242 g/mol. The first-order valence-corrected chi connectivity index (χ1v) is 5.13. The molecule has 0 aliphatic carbocycles. The van der Waals surface area contributed by atoms with Crippen LogP contribution in [0.3, 0.4) is 0 Å². The first-order chi connectivity index (χ1) is 6.27. The second kappa shape index (κ2) is 5.02. The standard InChI is InChI=1S/C10H11BrO2/c1-13-10(12)9-4-2-3-8(7-9)5-6-11/h2-4,7H,5-6H2,1H3. The third-order valence-corrected chi connectivity index (χ3v) is 2.13. The maximum atomic E-state index is 11.1. The zero-order valence-corrected chi connectivity index (χ0v) is 9.00. The summed E-state index contributed by atoms with van der Waals surface area (Å²) < 4.78 is 4.62. The lowest BCUT2D eigenvalue weighted by atomic mass is 10.1. The highest BCUT2D eigenvalue weighted by atomic mass is 79.9. The van der Waals surface area contributed by atoms with Crippen molar-refractivity contribution in [1.29, 1.82) is 0 Å². The number of ether oxygens (including phenoxy) is 1. The van der Waals surface area contributed by atoms with Crippen molar-refractivity contribution in [2.75, 3.05) is 12.4 Å². The molecule has 1 rings (SSSR count). The Bertz CT molecular complexity index is 297. The predicted molar refractivity (Wildman–Crippen MR) is 55.3 cm³/mol. The minimum absolute atomic E-state index is 0.281. The maximum absolute atomic E-state index is 11.1. The summed E-state index contributed by atoms with van der Waals surface area (Å²) in [5.41, 5.74) is 1.75. The van der Waals surface area contributed by atoms with E-state index < -0.39 is 0 Å². The Labute approximate surface area is 86.0 Å². The van der Waals surface area contributed by atoms with Gasteiger partial charge in [0.2, 0.25) is 0 Å². The van der Waals surface area contributed by atoms with Gasteiger partial charge in [-0.15, -0.1) is 0 Å². The number of esters is 1. The summed E-state index contributed by atoms with van der Waals surface area (Å²) in [6, 6.07) is 7.47. The molecule has 70 valence electrons. The number of methoxy groups -OCH3 is 1. The highest BCUT2D eigenvalue weighted by Gasteiger charge is 2.04. The molecule has 0 unspecified atom stereocenters. The van der Waals surface area contributed by atoms with Crippen LogP contribution in [-0.2, 0) is 11.2 Å². The van der Waals surface area contributed by atoms with Crippen molar-refractivity contribution in [2.24, 2.45) is 0 Å². The molecule has 0 fully saturated rings. The Hall–Kier alpha value is -0.830. The SMILES string of the molecule is COC(=O)c1cccc(CCBr)c1. The lowest BCUT2D eigenvalue weighted by Gasteiger charge is -2.01. The van der Waals surface area contributed by atoms with Crippen LogP contribution in [0, 0.1) is 0 Å². The molecule has 2 nitrogen and oxygen atoms in total. The van der Waals surface area contributed by atoms with Crippen LogP contribution in [0.2, 0.25) is 0 Å². The molecule has 0 spiro atoms. The fourth-order valence-corrected chi connectivity index (χ4v) is 1.54. The molecule has 0 bridgehead atoms. The highest BCUT2D eigenvalue weighted by molar-refractivity contribution is 9.09. The number of carbonyl (C=O) groups is 1. The highest BCUT2D eigenvalue weighted by Crippen LogP contribution is 2.08. The molecule has 0 saturated heterocycles. The Balaban J connectivity index is 2.85. The van der Waals surface area contributed by atoms with Gasteiger partial charge in [-0.2, -0.15) is 0 Å². The summed E-state index contributed by atoms with van der Waals surface area (Å²) in [7, 11) is 1.39. The van der Waals surface area contributed by atoms with Gasteiger partial charge in [-0.1, -0.05) is 28.1 Å². The number of halogens is 1. The van der Waals surface area contributed by atoms with E-state index >= 15 is 0 Å². The Morgan fingerprint density at radius 2 is 2.31 bits per heavy atom. The number of benzene rings is 1. The topological polar surface area (TPSA) is 26.3 Å². The van der Waals surface area contributed by atoms with E-state index in [2.05, 4.69) is 20.7 Å². The quantitative estimate of drug-likeness (QED) is 0.602. The van der Waals surface area contributed by atoms with E-state index in [1.807, 2.05) is 18.2 Å². The molecule has 0 aliphatic heterocycles. The van der Waals surface area contributed by atoms with Gasteiger partial charge in [0, 0.05) is 5.33 Å². The van der Waals surface area contributed by atoms with E-state index in [9.17, 15) is 4.79 Å². The smallest absolute Gasteiger partial charge is 0.337 e. The number of carbonyl (C=O) groups excluding carboxylic acids is 1. The predicted octanol–water partition coefficient (Wildman–Crippen LogP) is 2.41. The summed E-state index contributed by atoms with van der Waals surface area (Å²) in [4.78, 5) is 11.1. The lowest BCUT2D eigenvalue weighted by molar-refractivity contribution is 0.0600. The van der Waals surface area contributed by atoms with Gasteiger partial charge < -0.3 is 4.74 Å². The Morgan fingerprint density at radius 1 is 1.54 bits per heavy atom. The van der Waals surface area contributed by atoms with Gasteiger partial charge in [0.15, 0.2) is 0 Å². The normalized spacial score (nSPS) is 9.69. The zero-order chi connectivity index (χ0) is 9.68. The van der Waals surface area contributed by atoms with Gasteiger partial charge in [0.25, 0.3) is 0 Å². The summed E-state index contributed by atoms with van der Waals surface area (Å²) >= 11 is 3.35. The maximum Gasteiger partial charge on any atom is 0.337 e. The molecule has 0 N–H and O–H groups in total. The van der Waals surface area contributed by atoms with Gasteiger partial charge in [0.05, 0.1) is 12.7 Å². The third-order valence-electron chi connectivity index (χ3n) is 1.73. The van der Waals surface area contributed by atoms with Crippen molar-refractivity contribution in [2.45, 2.75) is 6.42 Å². The van der Waals surface area contributed by atoms with Crippen LogP contribution >= 0.6 is 15.9 Å². The van der Waals surface area contributed by atoms with Crippen LogP contribution in [0.4, 0.5) is 0 Å². The van der Waals surface area contributed by atoms with Crippen molar-refractivity contribution in [3.05, 3.63) is 35.4 Å². The van der Waals surface area contributed by atoms with Gasteiger partial charge in [-0.3, -0.25) is 0 Å². The zero-order valence-electron chi connectivity index (χ0n) is 7.42. The van der Waals surface area contributed by atoms with Crippen LogP contribution in [0.5, 0.6) is 0 Å². The molecule has 0 radical (unpaired) electrons. The van der Waals surface area contributed by atoms with E-state index in [0.717, 1.165) is 17.3 Å². The minimum Gasteiger partial charge on any atom is -0.465 e. The Morgan fingerprint density at radius 3 is 2.92 bits per heavy atom. The molecule has 0 aliphatic rings. The summed E-state index contributed by atoms with van der Waals surface area (Å²) in [6.07, 6.45) is 0.921. The summed E-state index contributed by atoms with van der Waals surface area (Å²) in [5, 5.41) is 0.900. The molecule has 13 heavy (non-hydrogen) atoms. The molecule has 1 aromatic carbocycles. The second-order valence-corrected chi connectivity index (χ2v) is 3.42. The minimum atomic E-state index is -0.281. The molecule has 1 aromatic rings. The van der Waals surface area contributed by atoms with Crippen molar-refractivity contribution < 1.29 is 9.53 Å². The molecule has 3 heteroatoms. The average Bonchev–Trinajstić information content (AvgIpc) is 2.18. The van der Waals surface area contributed by atoms with Gasteiger partial charge in [-0.25, -0.2) is 4.79 Å². The van der Waals surface area contributed by atoms with Crippen LogP contribution < -0.4 is 0 Å². The van der Waals surface area contributed by atoms with Crippen LogP contribution in [-0.4, -0.2) is 18.4 Å². The van der Waals surface area contributed by atoms with E-state index in [1.54, 1.807) is 6.07 Å². The van der Waals surface area contributed by atoms with Gasteiger partial charge in [0.1, 0.15) is 0 Å². The second-order valence-electron chi connectivity index (χ2n) is 2.63. The molecular weight excluding hydrogens is 232 g/mol. The molecule has 0 atom stereocenters. The van der Waals surface area contributed by atoms with Gasteiger partial charge in [-0.05, 0) is 24.1 Å². The molecular formula is C10H11BrO2. The van der Waals surface area contributed by atoms with E-state index in [-0.39, 0.29) is 5.97 Å². The number of alkyl halides is 1. The number of rotatable bonds is 3. The van der Waals surface area contributed by atoms with E-state index in [1.165, 1.54) is 7.11 Å². The third kappa shape index (κ3) is 2.84. The Kier molecular flexibility index (Phi) is 3.96. The number of hydrogen-bond acceptors (Lipinski definition) is 2. The van der Waals surface area contributed by atoms with E-state index in [0.29, 0.717) is 5.56 Å². The lowest BCUT2D eigenvalue weighted by Crippen LogP contribution is -2.01. The van der Waals surface area contributed by atoms with Crippen molar-refractivity contribution in [1.82, 2.24) is 0 Å². The van der Waals surface area contributed by atoms with Crippen LogP contribution in [0.1, 0.15) is 15.9 Å². The number of aryl methyl sites for hydroxylation is 1. The summed E-state index contributed by atoms with van der Waals surface area (Å²) in [6.45, 7) is 0. The van der Waals surface area contributed by atoms with Crippen molar-refractivity contribution in [3.8, 4) is 0 Å². The van der Waals surface area contributed by atoms with Crippen LogP contribution in [0.15, 0.2) is 24.3 Å². The van der Waals surface area contributed by atoms with Crippen molar-refractivity contribution >= 4 is 21.9 Å². The molecule has 0 aromatic heterocycles. The van der Waals surface area contributed by atoms with Gasteiger partial charge >= 0.3 is 5.97 Å². The molecule has 0 amide bonds. The fraction of sp³-hybridized carbons (Fsp3) is 0.300. The summed E-state index contributed by atoms with van der Waals surface area (Å²) in [5.74, 6) is -0.281. The first-order valence-electron chi connectivity index (χ1n) is 4.01.